The van der Waals surface area contributed by atoms with Crippen LogP contribution in [-0.4, -0.2) is 39.6 Å². The lowest BCUT2D eigenvalue weighted by molar-refractivity contribution is 0.0903. The molecule has 0 heterocycles. The van der Waals surface area contributed by atoms with Gasteiger partial charge in [-0.2, -0.15) is 0 Å². The first-order chi connectivity index (χ1) is 12.9. The van der Waals surface area contributed by atoms with Crippen molar-refractivity contribution in [2.45, 2.75) is 67.8 Å². The molecule has 7 nitrogen and oxygen atoms in total. The fraction of sp³-hybridized carbons (Fsp3) is 0.632. The van der Waals surface area contributed by atoms with Gasteiger partial charge >= 0.3 is 0 Å². The van der Waals surface area contributed by atoms with Crippen LogP contribution in [0.1, 0.15) is 61.7 Å². The van der Waals surface area contributed by atoms with Crippen molar-refractivity contribution in [3.05, 3.63) is 23.8 Å². The number of hydrogen-bond acceptors (Lipinski definition) is 5. The molecule has 1 amide bonds. The zero-order valence-electron chi connectivity index (χ0n) is 15.8. The average Bonchev–Trinajstić information content (AvgIpc) is 3.33. The Morgan fingerprint density at radius 1 is 1.22 bits per heavy atom. The van der Waals surface area contributed by atoms with Crippen LogP contribution in [0.2, 0.25) is 0 Å². The highest BCUT2D eigenvalue weighted by Gasteiger charge is 2.34. The number of ether oxygens (including phenoxy) is 1. The van der Waals surface area contributed by atoms with E-state index in [2.05, 4.69) is 10.0 Å². The first-order valence-corrected chi connectivity index (χ1v) is 11.1. The van der Waals surface area contributed by atoms with E-state index in [4.69, 9.17) is 10.5 Å². The highest BCUT2D eigenvalue weighted by molar-refractivity contribution is 7.89. The fourth-order valence-electron chi connectivity index (χ4n) is 4.10. The number of nitrogens with one attached hydrogen (secondary N) is 2. The van der Waals surface area contributed by atoms with Crippen molar-refractivity contribution < 1.29 is 17.9 Å². The molecule has 150 valence electrons. The molecule has 0 aromatic heterocycles. The summed E-state index contributed by atoms with van der Waals surface area (Å²) in [6.07, 6.45) is 7.47. The maximum absolute atomic E-state index is 12.9. The largest absolute Gasteiger partial charge is 0.495 e. The molecular weight excluding hydrogens is 366 g/mol. The van der Waals surface area contributed by atoms with Gasteiger partial charge in [-0.25, -0.2) is 13.1 Å². The second-order valence-electron chi connectivity index (χ2n) is 7.61. The third kappa shape index (κ3) is 4.44. The summed E-state index contributed by atoms with van der Waals surface area (Å²) in [5.74, 6) is -0.0752. The highest BCUT2D eigenvalue weighted by atomic mass is 32.2. The monoisotopic (exact) mass is 395 g/mol. The maximum atomic E-state index is 12.9. The van der Waals surface area contributed by atoms with Gasteiger partial charge in [0, 0.05) is 18.2 Å². The van der Waals surface area contributed by atoms with E-state index in [0.29, 0.717) is 12.1 Å². The van der Waals surface area contributed by atoms with Crippen LogP contribution < -0.4 is 20.5 Å². The molecule has 2 saturated carbocycles. The lowest BCUT2D eigenvalue weighted by Crippen LogP contribution is -2.51. The SMILES string of the molecule is COc1ccc(C(=O)NC2(CN)CCCC2)cc1S(=O)(=O)NC1CCCC1. The number of carbonyl (C=O) groups excluding carboxylic acids is 1. The van der Waals surface area contributed by atoms with E-state index < -0.39 is 15.6 Å². The molecular formula is C19H29N3O4S. The summed E-state index contributed by atoms with van der Waals surface area (Å²) in [4.78, 5) is 12.8. The molecule has 0 aliphatic heterocycles. The Hall–Kier alpha value is -1.64. The molecule has 1 aromatic carbocycles. The van der Waals surface area contributed by atoms with Gasteiger partial charge in [0.05, 0.1) is 12.6 Å². The Morgan fingerprint density at radius 3 is 2.48 bits per heavy atom. The Labute approximate surface area is 161 Å². The minimum absolute atomic E-state index is 0.00206. The van der Waals surface area contributed by atoms with Crippen LogP contribution in [0.4, 0.5) is 0 Å². The maximum Gasteiger partial charge on any atom is 0.251 e. The van der Waals surface area contributed by atoms with Crippen LogP contribution in [0.3, 0.4) is 0 Å². The summed E-state index contributed by atoms with van der Waals surface area (Å²) in [5.41, 5.74) is 5.79. The normalized spacial score (nSPS) is 19.9. The second-order valence-corrected chi connectivity index (χ2v) is 9.30. The van der Waals surface area contributed by atoms with E-state index in [0.717, 1.165) is 51.4 Å². The van der Waals surface area contributed by atoms with Gasteiger partial charge < -0.3 is 15.8 Å². The fourth-order valence-corrected chi connectivity index (χ4v) is 5.60. The zero-order chi connectivity index (χ0) is 19.5. The van der Waals surface area contributed by atoms with Crippen LogP contribution in [0.15, 0.2) is 23.1 Å². The molecule has 2 aliphatic rings. The van der Waals surface area contributed by atoms with Gasteiger partial charge in [0.1, 0.15) is 10.6 Å². The molecule has 8 heteroatoms. The first kappa shape index (κ1) is 20.1. The van der Waals surface area contributed by atoms with Crippen LogP contribution in [0, 0.1) is 0 Å². The molecule has 3 rings (SSSR count). The van der Waals surface area contributed by atoms with Gasteiger partial charge in [0.15, 0.2) is 0 Å². The van der Waals surface area contributed by atoms with Crippen molar-refractivity contribution in [2.24, 2.45) is 5.73 Å². The molecule has 27 heavy (non-hydrogen) atoms. The first-order valence-electron chi connectivity index (χ1n) is 9.62. The van der Waals surface area contributed by atoms with Crippen molar-refractivity contribution in [3.8, 4) is 5.75 Å². The van der Waals surface area contributed by atoms with E-state index in [1.54, 1.807) is 6.07 Å². The number of benzene rings is 1. The molecule has 0 atom stereocenters. The lowest BCUT2D eigenvalue weighted by Gasteiger charge is -2.28. The topological polar surface area (TPSA) is 111 Å². The predicted octanol–water partition coefficient (Wildman–Crippen LogP) is 1.92. The van der Waals surface area contributed by atoms with Gasteiger partial charge in [0.25, 0.3) is 5.91 Å². The van der Waals surface area contributed by atoms with Crippen molar-refractivity contribution in [1.82, 2.24) is 10.0 Å². The number of carbonyl (C=O) groups is 1. The average molecular weight is 396 g/mol. The molecule has 0 spiro atoms. The number of nitrogens with two attached hydrogens (primary N) is 1. The van der Waals surface area contributed by atoms with E-state index in [9.17, 15) is 13.2 Å². The highest BCUT2D eigenvalue weighted by Crippen LogP contribution is 2.30. The molecule has 0 saturated heterocycles. The van der Waals surface area contributed by atoms with E-state index in [1.807, 2.05) is 0 Å². The van der Waals surface area contributed by atoms with Crippen LogP contribution in [-0.2, 0) is 10.0 Å². The quantitative estimate of drug-likeness (QED) is 0.653. The number of methoxy groups -OCH3 is 1. The van der Waals surface area contributed by atoms with Crippen LogP contribution >= 0.6 is 0 Å². The Morgan fingerprint density at radius 2 is 1.89 bits per heavy atom. The Kier molecular flexibility index (Phi) is 6.08. The summed E-state index contributed by atoms with van der Waals surface area (Å²) >= 11 is 0. The van der Waals surface area contributed by atoms with E-state index >= 15 is 0 Å². The molecule has 2 fully saturated rings. The minimum Gasteiger partial charge on any atom is -0.495 e. The van der Waals surface area contributed by atoms with E-state index in [-0.39, 0.29) is 22.6 Å². The van der Waals surface area contributed by atoms with Gasteiger partial charge in [-0.1, -0.05) is 25.7 Å². The number of rotatable bonds is 7. The number of sulfonamides is 1. The molecule has 1 aromatic rings. The van der Waals surface area contributed by atoms with Gasteiger partial charge in [-0.05, 0) is 43.9 Å². The smallest absolute Gasteiger partial charge is 0.251 e. The van der Waals surface area contributed by atoms with Crippen LogP contribution in [0.5, 0.6) is 5.75 Å². The number of amides is 1. The van der Waals surface area contributed by atoms with E-state index in [1.165, 1.54) is 19.2 Å². The summed E-state index contributed by atoms with van der Waals surface area (Å²) in [7, 11) is -2.35. The summed E-state index contributed by atoms with van der Waals surface area (Å²) in [5, 5.41) is 3.03. The molecule has 4 N–H and O–H groups in total. The predicted molar refractivity (Wildman–Crippen MR) is 103 cm³/mol. The minimum atomic E-state index is -3.77. The number of hydrogen-bond donors (Lipinski definition) is 3. The lowest BCUT2D eigenvalue weighted by atomic mass is 9.97. The van der Waals surface area contributed by atoms with Crippen molar-refractivity contribution in [1.29, 1.82) is 0 Å². The summed E-state index contributed by atoms with van der Waals surface area (Å²) in [6, 6.07) is 4.45. The standard InChI is InChI=1S/C19H29N3O4S/c1-26-16-9-8-14(18(23)21-19(13-20)10-4-5-11-19)12-17(16)27(24,25)22-15-6-2-3-7-15/h8-9,12,15,22H,2-7,10-11,13,20H2,1H3,(H,21,23). The van der Waals surface area contributed by atoms with Gasteiger partial charge in [-0.3, -0.25) is 4.79 Å². The molecule has 0 bridgehead atoms. The third-order valence-electron chi connectivity index (χ3n) is 5.72. The summed E-state index contributed by atoms with van der Waals surface area (Å²) < 4.78 is 33.7. The Balaban J connectivity index is 1.85. The van der Waals surface area contributed by atoms with Gasteiger partial charge in [-0.15, -0.1) is 0 Å². The van der Waals surface area contributed by atoms with Crippen molar-refractivity contribution in [2.75, 3.05) is 13.7 Å². The summed E-state index contributed by atoms with van der Waals surface area (Å²) in [6.45, 7) is 0.378. The Bertz CT molecular complexity index is 782. The molecule has 0 unspecified atom stereocenters. The van der Waals surface area contributed by atoms with Crippen molar-refractivity contribution >= 4 is 15.9 Å². The van der Waals surface area contributed by atoms with Gasteiger partial charge in [0.2, 0.25) is 10.0 Å². The molecule has 2 aliphatic carbocycles. The second kappa shape index (κ2) is 8.16. The molecule has 0 radical (unpaired) electrons. The zero-order valence-corrected chi connectivity index (χ0v) is 16.6. The third-order valence-corrected chi connectivity index (χ3v) is 7.26. The van der Waals surface area contributed by atoms with Crippen LogP contribution in [0.25, 0.3) is 0 Å². The van der Waals surface area contributed by atoms with Crippen molar-refractivity contribution in [3.63, 3.8) is 0 Å².